The first kappa shape index (κ1) is 10.8. The lowest BCUT2D eigenvalue weighted by molar-refractivity contribution is 0.550. The van der Waals surface area contributed by atoms with Crippen LogP contribution in [0.3, 0.4) is 0 Å². The second-order valence-electron chi connectivity index (χ2n) is 3.76. The number of nitrogens with zero attached hydrogens (tertiary/aromatic N) is 1. The number of halogens is 3. The fourth-order valence-corrected chi connectivity index (χ4v) is 1.68. The Balaban J connectivity index is 2.19. The standard InChI is InChI=1S/C13H6F3NO/c14-8-3-1-7(2-4-8)13-17-11-6-9(15)5-10(16)12(11)18-13/h1-6H. The third-order valence-corrected chi connectivity index (χ3v) is 2.50. The number of fused-ring (bicyclic) bond motifs is 1. The molecular weight excluding hydrogens is 243 g/mol. The van der Waals surface area contributed by atoms with Crippen molar-refractivity contribution in [3.63, 3.8) is 0 Å². The Hall–Kier alpha value is -2.30. The molecule has 1 heterocycles. The molecule has 0 unspecified atom stereocenters. The van der Waals surface area contributed by atoms with E-state index >= 15 is 0 Å². The van der Waals surface area contributed by atoms with Gasteiger partial charge >= 0.3 is 0 Å². The highest BCUT2D eigenvalue weighted by atomic mass is 19.1. The third kappa shape index (κ3) is 1.73. The van der Waals surface area contributed by atoms with Crippen LogP contribution >= 0.6 is 0 Å². The smallest absolute Gasteiger partial charge is 0.227 e. The summed E-state index contributed by atoms with van der Waals surface area (Å²) in [7, 11) is 0. The number of aromatic nitrogens is 1. The summed E-state index contributed by atoms with van der Waals surface area (Å²) in [4.78, 5) is 3.97. The van der Waals surface area contributed by atoms with E-state index in [4.69, 9.17) is 4.42 Å². The molecule has 18 heavy (non-hydrogen) atoms. The first-order chi connectivity index (χ1) is 8.63. The molecule has 0 atom stereocenters. The summed E-state index contributed by atoms with van der Waals surface area (Å²) in [6.45, 7) is 0. The van der Waals surface area contributed by atoms with Crippen molar-refractivity contribution in [2.75, 3.05) is 0 Å². The molecule has 1 aromatic heterocycles. The Morgan fingerprint density at radius 1 is 0.889 bits per heavy atom. The lowest BCUT2D eigenvalue weighted by Crippen LogP contribution is -1.80. The molecule has 5 heteroatoms. The van der Waals surface area contributed by atoms with Crippen molar-refractivity contribution < 1.29 is 17.6 Å². The molecule has 0 N–H and O–H groups in total. The molecule has 0 fully saturated rings. The van der Waals surface area contributed by atoms with Gasteiger partial charge in [-0.25, -0.2) is 18.2 Å². The zero-order chi connectivity index (χ0) is 12.7. The monoisotopic (exact) mass is 249 g/mol. The first-order valence-corrected chi connectivity index (χ1v) is 5.15. The molecule has 0 aliphatic carbocycles. The zero-order valence-corrected chi connectivity index (χ0v) is 8.95. The number of rotatable bonds is 1. The van der Waals surface area contributed by atoms with Crippen LogP contribution in [0.2, 0.25) is 0 Å². The number of hydrogen-bond acceptors (Lipinski definition) is 2. The predicted molar refractivity (Wildman–Crippen MR) is 59.3 cm³/mol. The van der Waals surface area contributed by atoms with Crippen LogP contribution in [-0.4, -0.2) is 4.98 Å². The highest BCUT2D eigenvalue weighted by molar-refractivity contribution is 5.76. The van der Waals surface area contributed by atoms with Crippen molar-refractivity contribution in [2.45, 2.75) is 0 Å². The molecular formula is C13H6F3NO. The van der Waals surface area contributed by atoms with Gasteiger partial charge in [0.1, 0.15) is 17.2 Å². The summed E-state index contributed by atoms with van der Waals surface area (Å²) >= 11 is 0. The average Bonchev–Trinajstić information content (AvgIpc) is 2.74. The molecule has 0 radical (unpaired) electrons. The van der Waals surface area contributed by atoms with E-state index < -0.39 is 17.5 Å². The fourth-order valence-electron chi connectivity index (χ4n) is 1.68. The Bertz CT molecular complexity index is 719. The second kappa shape index (κ2) is 3.87. The molecule has 0 saturated heterocycles. The predicted octanol–water partition coefficient (Wildman–Crippen LogP) is 3.91. The Labute approximate surface area is 99.7 Å². The van der Waals surface area contributed by atoms with E-state index in [9.17, 15) is 13.2 Å². The minimum Gasteiger partial charge on any atom is -0.433 e. The molecule has 0 amide bonds. The highest BCUT2D eigenvalue weighted by Gasteiger charge is 2.13. The normalized spacial score (nSPS) is 11.1. The topological polar surface area (TPSA) is 26.0 Å². The number of benzene rings is 2. The van der Waals surface area contributed by atoms with Crippen molar-refractivity contribution in [1.29, 1.82) is 0 Å². The average molecular weight is 249 g/mol. The molecule has 3 rings (SSSR count). The summed E-state index contributed by atoms with van der Waals surface area (Å²) < 4.78 is 44.4. The second-order valence-corrected chi connectivity index (χ2v) is 3.76. The molecule has 2 nitrogen and oxygen atoms in total. The lowest BCUT2D eigenvalue weighted by Gasteiger charge is -1.93. The molecule has 0 aliphatic heterocycles. The van der Waals surface area contributed by atoms with Crippen molar-refractivity contribution in [2.24, 2.45) is 0 Å². The summed E-state index contributed by atoms with van der Waals surface area (Å²) in [5, 5.41) is 0. The van der Waals surface area contributed by atoms with Crippen LogP contribution in [0.4, 0.5) is 13.2 Å². The van der Waals surface area contributed by atoms with Crippen LogP contribution in [0.15, 0.2) is 40.8 Å². The van der Waals surface area contributed by atoms with E-state index in [1.165, 1.54) is 24.3 Å². The summed E-state index contributed by atoms with van der Waals surface area (Å²) in [6.07, 6.45) is 0. The minimum atomic E-state index is -0.814. The van der Waals surface area contributed by atoms with Crippen molar-refractivity contribution >= 4 is 11.1 Å². The Morgan fingerprint density at radius 2 is 1.61 bits per heavy atom. The van der Waals surface area contributed by atoms with Crippen LogP contribution in [-0.2, 0) is 0 Å². The zero-order valence-electron chi connectivity index (χ0n) is 8.95. The van der Waals surface area contributed by atoms with Crippen LogP contribution in [0, 0.1) is 17.5 Å². The van der Waals surface area contributed by atoms with Crippen LogP contribution in [0.25, 0.3) is 22.6 Å². The van der Waals surface area contributed by atoms with E-state index in [0.717, 1.165) is 12.1 Å². The SMILES string of the molecule is Fc1ccc(-c2nc3cc(F)cc(F)c3o2)cc1. The van der Waals surface area contributed by atoms with Gasteiger partial charge in [-0.3, -0.25) is 0 Å². The largest absolute Gasteiger partial charge is 0.433 e. The minimum absolute atomic E-state index is 0.0897. The van der Waals surface area contributed by atoms with Gasteiger partial charge in [0, 0.05) is 17.7 Å². The van der Waals surface area contributed by atoms with Crippen molar-refractivity contribution in [3.05, 3.63) is 53.8 Å². The van der Waals surface area contributed by atoms with Gasteiger partial charge in [0.2, 0.25) is 5.89 Å². The maximum absolute atomic E-state index is 13.4. The molecule has 0 spiro atoms. The van der Waals surface area contributed by atoms with Crippen LogP contribution in [0.5, 0.6) is 0 Å². The quantitative estimate of drug-likeness (QED) is 0.653. The molecule has 0 saturated carbocycles. The highest BCUT2D eigenvalue weighted by Crippen LogP contribution is 2.26. The van der Waals surface area contributed by atoms with Gasteiger partial charge < -0.3 is 4.42 Å². The van der Waals surface area contributed by atoms with E-state index in [1.54, 1.807) is 0 Å². The number of oxazole rings is 1. The van der Waals surface area contributed by atoms with Crippen LogP contribution < -0.4 is 0 Å². The van der Waals surface area contributed by atoms with E-state index in [-0.39, 0.29) is 17.0 Å². The summed E-state index contributed by atoms with van der Waals surface area (Å²) in [5.41, 5.74) is 0.468. The van der Waals surface area contributed by atoms with Gasteiger partial charge in [0.25, 0.3) is 0 Å². The van der Waals surface area contributed by atoms with Crippen molar-refractivity contribution in [1.82, 2.24) is 4.98 Å². The van der Waals surface area contributed by atoms with E-state index in [1.807, 2.05) is 0 Å². The first-order valence-electron chi connectivity index (χ1n) is 5.15. The molecule has 90 valence electrons. The third-order valence-electron chi connectivity index (χ3n) is 2.50. The van der Waals surface area contributed by atoms with Gasteiger partial charge in [-0.15, -0.1) is 0 Å². The maximum Gasteiger partial charge on any atom is 0.227 e. The van der Waals surface area contributed by atoms with Gasteiger partial charge in [0.15, 0.2) is 11.4 Å². The fraction of sp³-hybridized carbons (Fsp3) is 0. The van der Waals surface area contributed by atoms with Gasteiger partial charge in [-0.2, -0.15) is 0 Å². The molecule has 2 aromatic carbocycles. The lowest BCUT2D eigenvalue weighted by atomic mass is 10.2. The number of hydrogen-bond donors (Lipinski definition) is 0. The summed E-state index contributed by atoms with van der Waals surface area (Å²) in [6, 6.07) is 7.18. The summed E-state index contributed by atoms with van der Waals surface area (Å²) in [5.74, 6) is -1.81. The molecule has 0 bridgehead atoms. The van der Waals surface area contributed by atoms with Gasteiger partial charge in [-0.05, 0) is 24.3 Å². The Morgan fingerprint density at radius 3 is 2.33 bits per heavy atom. The maximum atomic E-state index is 13.4. The molecule has 3 aromatic rings. The van der Waals surface area contributed by atoms with E-state index in [2.05, 4.69) is 4.98 Å². The van der Waals surface area contributed by atoms with Crippen LogP contribution in [0.1, 0.15) is 0 Å². The van der Waals surface area contributed by atoms with Gasteiger partial charge in [-0.1, -0.05) is 0 Å². The van der Waals surface area contributed by atoms with Crippen molar-refractivity contribution in [3.8, 4) is 11.5 Å². The Kier molecular flexibility index (Phi) is 2.33. The van der Waals surface area contributed by atoms with Gasteiger partial charge in [0.05, 0.1) is 0 Å². The molecule has 0 aliphatic rings. The van der Waals surface area contributed by atoms with E-state index in [0.29, 0.717) is 5.56 Å².